The molecule has 128 heavy (non-hydrogen) atoms. The number of aryl methyl sites for hydroxylation is 7. The Bertz CT molecular complexity index is 5060. The van der Waals surface area contributed by atoms with Gasteiger partial charge in [0, 0.05) is 0 Å². The van der Waals surface area contributed by atoms with Gasteiger partial charge in [-0.15, -0.1) is 0 Å². The monoisotopic (exact) mass is 2390 g/mol. The molecule has 0 amide bonds. The molecule has 0 heterocycles. The number of halogens is 10. The summed E-state index contributed by atoms with van der Waals surface area (Å²) in [5, 5.41) is 17.6. The van der Waals surface area contributed by atoms with Crippen molar-refractivity contribution in [3.8, 4) is 0 Å². The van der Waals surface area contributed by atoms with Crippen molar-refractivity contribution < 1.29 is 104 Å². The summed E-state index contributed by atoms with van der Waals surface area (Å²) >= 11 is -4.13. The van der Waals surface area contributed by atoms with Crippen molar-refractivity contribution in [3.63, 3.8) is 0 Å². The molecule has 0 nitrogen and oxygen atoms in total. The topological polar surface area (TPSA) is 0 Å². The molecule has 698 valence electrons. The second kappa shape index (κ2) is 54.4. The van der Waals surface area contributed by atoms with E-state index in [0.29, 0.717) is 0 Å². The first-order valence-corrected chi connectivity index (χ1v) is 93.1. The molecule has 5 aliphatic rings. The van der Waals surface area contributed by atoms with E-state index in [1.165, 1.54) is 210 Å². The molecular weight excluding hydrogens is 2250 g/mol. The van der Waals surface area contributed by atoms with Gasteiger partial charge >= 0.3 is 189 Å². The summed E-state index contributed by atoms with van der Waals surface area (Å²) in [7, 11) is 41.2. The second-order valence-electron chi connectivity index (χ2n) is 39.3. The summed E-state index contributed by atoms with van der Waals surface area (Å²) in [5.74, 6) is 0. The first kappa shape index (κ1) is 119. The number of hydrogen-bond donors (Lipinski definition) is 0. The van der Waals surface area contributed by atoms with Crippen LogP contribution < -0.4 is 51.9 Å². The van der Waals surface area contributed by atoms with Crippen molar-refractivity contribution in [2.75, 3.05) is 0 Å². The Morgan fingerprint density at radius 3 is 0.789 bits per heavy atom. The molecule has 0 fully saturated rings. The van der Waals surface area contributed by atoms with E-state index in [0.717, 1.165) is 0 Å². The van der Waals surface area contributed by atoms with Crippen LogP contribution in [0, 0.1) is 152 Å². The molecule has 0 spiro atoms. The molecular formula is C108H156Cl10Si5Zr5. The van der Waals surface area contributed by atoms with Gasteiger partial charge in [0.15, 0.2) is 0 Å². The van der Waals surface area contributed by atoms with Crippen LogP contribution in [0.25, 0.3) is 0 Å². The predicted octanol–water partition coefficient (Wildman–Crippen LogP) is 30.1. The van der Waals surface area contributed by atoms with Crippen LogP contribution >= 0.6 is 85.1 Å². The van der Waals surface area contributed by atoms with Gasteiger partial charge in [0.2, 0.25) is 0 Å². The van der Waals surface area contributed by atoms with E-state index in [1.54, 1.807) is 180 Å². The molecule has 15 rings (SSSR count). The zero-order valence-corrected chi connectivity index (χ0v) is 110. The minimum absolute atomic E-state index is 0.826. The van der Waals surface area contributed by atoms with Gasteiger partial charge in [0.1, 0.15) is 0 Å². The Morgan fingerprint density at radius 2 is 0.477 bits per heavy atom. The second-order valence-corrected chi connectivity index (χ2v) is 79.9. The average Bonchev–Trinajstić information content (AvgIpc) is 1.68. The standard InChI is InChI=1S/C23H34Si.2C22H32Si.C21H30Si.C20H28Si.10ClH.5Zr/c1-8-24(9-2,23-18(6)16(4)17(5)19(23)7)22-15(3)14-20-12-10-11-13-21(20)22;1-7-14-23(6,22-17(4)15(2)16(3)18(22)5)21-13-12-19-10-8-9-11-20(19)21;1-7-23(8-2,22-17(5)15(3)16(4)18(22)6)21-14-13-19-11-9-10-12-20(19)21;1-13-12-18-10-8-9-11-19(18)20(13)22(6,7)21-16(4)14(2)15(3)17(21)5;1-13-14(2)16(4)20(15(13)3)21(5,6)19-12-11-17-9-7-8-10-18(17)19;;;;;;;;;;;;;;;/h14H,8-13H2,1-7H3;12-13H,7-11,14H2,1-6H3;13-14H,7-12H2,1-6H3;12H,8-11H2,1-7H3;11-12H,7-10H2,1-6H3;10*1H;;;;;/q5*-2;;;;;;;;;;;5*+4/p-10. The fourth-order valence-corrected chi connectivity index (χ4v) is 50.5. The van der Waals surface area contributed by atoms with Crippen molar-refractivity contribution in [2.45, 2.75) is 385 Å². The predicted molar refractivity (Wildman–Crippen MR) is 578 cm³/mol. The van der Waals surface area contributed by atoms with Crippen LogP contribution in [0.5, 0.6) is 0 Å². The summed E-state index contributed by atoms with van der Waals surface area (Å²) < 4.78 is 0. The van der Waals surface area contributed by atoms with Gasteiger partial charge in [0.05, 0.1) is 0 Å². The third-order valence-corrected chi connectivity index (χ3v) is 57.2. The summed E-state index contributed by atoms with van der Waals surface area (Å²) in [4.78, 5) is 0. The van der Waals surface area contributed by atoms with Gasteiger partial charge < -0.3 is 0 Å². The average molecular weight is 2410 g/mol. The molecule has 0 saturated heterocycles. The van der Waals surface area contributed by atoms with Crippen molar-refractivity contribution >= 4 is 177 Å². The van der Waals surface area contributed by atoms with Crippen molar-refractivity contribution in [2.24, 2.45) is 0 Å². The minimum atomic E-state index is -1.67. The van der Waals surface area contributed by atoms with Crippen molar-refractivity contribution in [1.82, 2.24) is 0 Å². The Morgan fingerprint density at radius 1 is 0.250 bits per heavy atom. The quantitative estimate of drug-likeness (QED) is 0.0668. The van der Waals surface area contributed by atoms with E-state index in [9.17, 15) is 0 Å². The molecule has 0 aliphatic heterocycles. The molecule has 1 unspecified atom stereocenters. The normalized spacial score (nSPS) is 14.1. The van der Waals surface area contributed by atoms with Gasteiger partial charge in [-0.05, 0) is 40.4 Å². The zero-order chi connectivity index (χ0) is 96.3. The van der Waals surface area contributed by atoms with E-state index in [2.05, 4.69) is 268 Å². The fourth-order valence-electron chi connectivity index (χ4n) is 25.7. The first-order valence-electron chi connectivity index (χ1n) is 47.9. The van der Waals surface area contributed by atoms with Crippen LogP contribution in [0.1, 0.15) is 283 Å². The van der Waals surface area contributed by atoms with Crippen LogP contribution in [0.15, 0.2) is 48.5 Å². The van der Waals surface area contributed by atoms with Gasteiger partial charge in [-0.25, -0.2) is 30.3 Å². The molecule has 5 aliphatic carbocycles. The van der Waals surface area contributed by atoms with Crippen LogP contribution in [0.4, 0.5) is 0 Å². The molecule has 20 heteroatoms. The summed E-state index contributed by atoms with van der Waals surface area (Å²) in [6, 6.07) is 26.7. The van der Waals surface area contributed by atoms with Crippen molar-refractivity contribution in [1.29, 1.82) is 0 Å². The van der Waals surface area contributed by atoms with Gasteiger partial charge in [-0.2, -0.15) is 248 Å². The Balaban J connectivity index is 0.000000237. The van der Waals surface area contributed by atoms with E-state index >= 15 is 0 Å². The van der Waals surface area contributed by atoms with Gasteiger partial charge in [-0.1, -0.05) is 385 Å². The number of rotatable bonds is 16. The number of fused-ring (bicyclic) bond motifs is 5. The molecule has 0 N–H and O–H groups in total. The molecule has 0 radical (unpaired) electrons. The summed E-state index contributed by atoms with van der Waals surface area (Å²) in [6.07, 6.45) is 28.3. The molecule has 10 aromatic carbocycles. The van der Waals surface area contributed by atoms with E-state index in [4.69, 9.17) is 85.1 Å². The third kappa shape index (κ3) is 25.6. The zero-order valence-electron chi connectivity index (χ0n) is 84.8. The summed E-state index contributed by atoms with van der Waals surface area (Å²) in [5.41, 5.74) is 51.3. The van der Waals surface area contributed by atoms with Crippen LogP contribution in [-0.4, -0.2) is 40.4 Å². The van der Waals surface area contributed by atoms with Gasteiger partial charge in [-0.3, -0.25) is 0 Å². The number of hydrogen-bond acceptors (Lipinski definition) is 0. The third-order valence-electron chi connectivity index (χ3n) is 33.1. The van der Waals surface area contributed by atoms with E-state index in [1.807, 2.05) is 5.19 Å². The molecule has 0 bridgehead atoms. The molecule has 0 saturated carbocycles. The van der Waals surface area contributed by atoms with Crippen molar-refractivity contribution in [3.05, 3.63) is 227 Å². The Kier molecular flexibility index (Phi) is 50.4. The first-order chi connectivity index (χ1) is 60.5. The Labute approximate surface area is 880 Å². The molecule has 10 aromatic rings. The van der Waals surface area contributed by atoms with E-state index < -0.39 is 145 Å². The van der Waals surface area contributed by atoms with Crippen LogP contribution in [-0.2, 0) is 168 Å². The Hall–Kier alpha value is 1.90. The summed E-state index contributed by atoms with van der Waals surface area (Å²) in [6.45, 7) is 76.7. The SMILES string of the molecule is CCC[Si](C)([c-]1ccc2c1CCCC2)[c-]1c(C)c(C)c(C)c1C.CC[Si](CC)([c-]1c(C)c(C)c(C)c1C)[c-]1c(C)cc2c1CCCC2.CC[Si](CC)([c-]1ccc2c1CCCC2)[c-]1c(C)c(C)c(C)c1C.Cc1c(C)c(C)[c-]([Si](C)(C)[c-]2c(C)cc3c2CCCC3)c1C.Cc1c(C)c(C)[c-]([Si](C)(C)[c-]2ccc3c2CCCC3)c1C.[Cl][Zr+2][Cl].[Cl][Zr+2][Cl].[Cl][Zr+2][Cl].[Cl][Zr+2][Cl].[Cl][Zr+2][Cl]. The molecule has 1 atom stereocenters. The van der Waals surface area contributed by atoms with E-state index in [-0.39, 0.29) is 0 Å². The molecule has 0 aromatic heterocycles. The van der Waals surface area contributed by atoms with Crippen LogP contribution in [0.2, 0.25) is 63.0 Å². The van der Waals surface area contributed by atoms with Gasteiger partial charge in [0.25, 0.3) is 0 Å². The maximum absolute atomic E-state index is 4.93. The van der Waals surface area contributed by atoms with Crippen LogP contribution in [0.3, 0.4) is 0 Å². The fraction of sp³-hybridized carbons (Fsp3) is 0.537. The maximum atomic E-state index is 4.93.